The molecule has 12 heteroatoms. The minimum absolute atomic E-state index is 0.119. The first-order chi connectivity index (χ1) is 18.0. The summed E-state index contributed by atoms with van der Waals surface area (Å²) in [5.41, 5.74) is 15.5. The van der Waals surface area contributed by atoms with Crippen molar-refractivity contribution in [2.24, 2.45) is 5.73 Å². The minimum Gasteiger partial charge on any atom is -0.484 e. The molecule has 0 atom stereocenters. The predicted octanol–water partition coefficient (Wildman–Crippen LogP) is 1.61. The average molecular weight is 502 g/mol. The number of nitrogen functional groups attached to an aromatic ring is 1. The fourth-order valence-electron chi connectivity index (χ4n) is 4.65. The van der Waals surface area contributed by atoms with E-state index in [0.717, 1.165) is 61.6 Å². The Kier molecular flexibility index (Phi) is 5.85. The lowest BCUT2D eigenvalue weighted by molar-refractivity contribution is -0.119. The van der Waals surface area contributed by atoms with Crippen molar-refractivity contribution in [3.05, 3.63) is 55.1 Å². The zero-order chi connectivity index (χ0) is 25.4. The Hall–Kier alpha value is -4.58. The number of nitrogens with zero attached hydrogens (tertiary/aromatic N) is 7. The third kappa shape index (κ3) is 4.54. The topological polar surface area (TPSA) is 146 Å². The van der Waals surface area contributed by atoms with E-state index >= 15 is 0 Å². The van der Waals surface area contributed by atoms with Gasteiger partial charge in [-0.2, -0.15) is 14.6 Å². The van der Waals surface area contributed by atoms with Crippen LogP contribution in [0.5, 0.6) is 5.75 Å². The summed E-state index contributed by atoms with van der Waals surface area (Å²) in [6, 6.07) is 13.3. The van der Waals surface area contributed by atoms with E-state index in [1.165, 1.54) is 0 Å². The summed E-state index contributed by atoms with van der Waals surface area (Å²) in [5.74, 6) is 1.12. The third-order valence-electron chi connectivity index (χ3n) is 6.59. The number of amides is 1. The van der Waals surface area contributed by atoms with Gasteiger partial charge in [-0.3, -0.25) is 9.69 Å². The SMILES string of the molecule is NC(=O)COc1ccc(N2CCN(CCn3cnc4c3nc(N)n3nc(-c5ccco5)cc43)CC2)cc1. The highest BCUT2D eigenvalue weighted by Crippen LogP contribution is 2.26. The van der Waals surface area contributed by atoms with Crippen LogP contribution in [0.25, 0.3) is 28.1 Å². The van der Waals surface area contributed by atoms with E-state index in [4.69, 9.17) is 20.6 Å². The number of benzene rings is 1. The number of carbonyl (C=O) groups is 1. The third-order valence-corrected chi connectivity index (χ3v) is 6.59. The summed E-state index contributed by atoms with van der Waals surface area (Å²) in [5, 5.41) is 4.53. The number of furan rings is 1. The summed E-state index contributed by atoms with van der Waals surface area (Å²) >= 11 is 0. The summed E-state index contributed by atoms with van der Waals surface area (Å²) in [4.78, 5) is 24.9. The Morgan fingerprint density at radius 2 is 1.89 bits per heavy atom. The lowest BCUT2D eigenvalue weighted by Gasteiger charge is -2.36. The Bertz CT molecular complexity index is 1530. The molecule has 4 aromatic heterocycles. The van der Waals surface area contributed by atoms with Crippen LogP contribution in [-0.4, -0.2) is 74.3 Å². The molecule has 1 amide bonds. The second-order valence-electron chi connectivity index (χ2n) is 8.96. The molecule has 1 aliphatic heterocycles. The largest absolute Gasteiger partial charge is 0.484 e. The molecule has 0 bridgehead atoms. The smallest absolute Gasteiger partial charge is 0.255 e. The maximum absolute atomic E-state index is 10.9. The average Bonchev–Trinajstić information content (AvgIpc) is 3.67. The van der Waals surface area contributed by atoms with Gasteiger partial charge in [0, 0.05) is 45.0 Å². The lowest BCUT2D eigenvalue weighted by Crippen LogP contribution is -2.47. The molecule has 0 unspecified atom stereocenters. The van der Waals surface area contributed by atoms with Gasteiger partial charge in [-0.05, 0) is 42.5 Å². The van der Waals surface area contributed by atoms with Crippen molar-refractivity contribution in [3.63, 3.8) is 0 Å². The van der Waals surface area contributed by atoms with Gasteiger partial charge in [-0.15, -0.1) is 0 Å². The van der Waals surface area contributed by atoms with Gasteiger partial charge in [0.2, 0.25) is 5.95 Å². The molecular weight excluding hydrogens is 474 g/mol. The van der Waals surface area contributed by atoms with Gasteiger partial charge in [-0.25, -0.2) is 4.98 Å². The number of imidazole rings is 1. The van der Waals surface area contributed by atoms with Crippen LogP contribution in [0.1, 0.15) is 0 Å². The first-order valence-electron chi connectivity index (χ1n) is 12.1. The Balaban J connectivity index is 1.09. The highest BCUT2D eigenvalue weighted by molar-refractivity contribution is 5.90. The van der Waals surface area contributed by atoms with Crippen LogP contribution >= 0.6 is 0 Å². The van der Waals surface area contributed by atoms with E-state index in [0.29, 0.717) is 23.2 Å². The van der Waals surface area contributed by atoms with Crippen molar-refractivity contribution < 1.29 is 13.9 Å². The molecule has 190 valence electrons. The van der Waals surface area contributed by atoms with Gasteiger partial charge in [0.1, 0.15) is 22.5 Å². The molecule has 0 spiro atoms. The quantitative estimate of drug-likeness (QED) is 0.324. The maximum atomic E-state index is 10.9. The van der Waals surface area contributed by atoms with Gasteiger partial charge in [0.05, 0.1) is 12.6 Å². The number of ether oxygens (including phenoxy) is 1. The molecule has 37 heavy (non-hydrogen) atoms. The summed E-state index contributed by atoms with van der Waals surface area (Å²) in [6.45, 7) is 5.24. The number of hydrogen-bond acceptors (Lipinski definition) is 9. The molecular formula is C25H27N9O3. The zero-order valence-corrected chi connectivity index (χ0v) is 20.2. The van der Waals surface area contributed by atoms with Crippen LogP contribution < -0.4 is 21.1 Å². The van der Waals surface area contributed by atoms with E-state index in [2.05, 4.69) is 24.9 Å². The minimum atomic E-state index is -0.488. The highest BCUT2D eigenvalue weighted by atomic mass is 16.5. The normalized spacial score (nSPS) is 14.5. The van der Waals surface area contributed by atoms with Crippen molar-refractivity contribution in [2.45, 2.75) is 6.54 Å². The number of rotatable bonds is 8. The maximum Gasteiger partial charge on any atom is 0.255 e. The van der Waals surface area contributed by atoms with Gasteiger partial charge >= 0.3 is 0 Å². The monoisotopic (exact) mass is 501 g/mol. The van der Waals surface area contributed by atoms with Crippen LogP contribution in [0.3, 0.4) is 0 Å². The fourth-order valence-corrected chi connectivity index (χ4v) is 4.65. The van der Waals surface area contributed by atoms with E-state index in [-0.39, 0.29) is 6.61 Å². The van der Waals surface area contributed by atoms with Crippen molar-refractivity contribution in [1.29, 1.82) is 0 Å². The molecule has 0 aliphatic carbocycles. The van der Waals surface area contributed by atoms with Crippen LogP contribution in [0, 0.1) is 0 Å². The second-order valence-corrected chi connectivity index (χ2v) is 8.96. The van der Waals surface area contributed by atoms with Gasteiger partial charge in [0.15, 0.2) is 18.0 Å². The number of aromatic nitrogens is 5. The Morgan fingerprint density at radius 3 is 2.62 bits per heavy atom. The van der Waals surface area contributed by atoms with Gasteiger partial charge < -0.3 is 30.1 Å². The van der Waals surface area contributed by atoms with E-state index in [1.54, 1.807) is 10.8 Å². The van der Waals surface area contributed by atoms with Crippen molar-refractivity contribution >= 4 is 34.2 Å². The fraction of sp³-hybridized carbons (Fsp3) is 0.280. The number of fused-ring (bicyclic) bond motifs is 3. The summed E-state index contributed by atoms with van der Waals surface area (Å²) in [7, 11) is 0. The van der Waals surface area contributed by atoms with Gasteiger partial charge in [0.25, 0.3) is 5.91 Å². The lowest BCUT2D eigenvalue weighted by atomic mass is 10.2. The molecule has 5 aromatic rings. The van der Waals surface area contributed by atoms with E-state index in [1.807, 2.05) is 53.4 Å². The molecule has 6 rings (SSSR count). The van der Waals surface area contributed by atoms with Crippen molar-refractivity contribution in [1.82, 2.24) is 29.0 Å². The van der Waals surface area contributed by atoms with Crippen LogP contribution in [0.4, 0.5) is 11.6 Å². The van der Waals surface area contributed by atoms with Gasteiger partial charge in [-0.1, -0.05) is 0 Å². The number of primary amides is 1. The number of piperazine rings is 1. The zero-order valence-electron chi connectivity index (χ0n) is 20.2. The van der Waals surface area contributed by atoms with E-state index < -0.39 is 5.91 Å². The molecule has 1 saturated heterocycles. The summed E-state index contributed by atoms with van der Waals surface area (Å²) < 4.78 is 14.5. The number of anilines is 2. The second kappa shape index (κ2) is 9.47. The number of hydrogen-bond donors (Lipinski definition) is 2. The molecule has 4 N–H and O–H groups in total. The Labute approximate surface area is 212 Å². The molecule has 0 radical (unpaired) electrons. The van der Waals surface area contributed by atoms with Crippen molar-refractivity contribution in [2.75, 3.05) is 50.0 Å². The molecule has 1 fully saturated rings. The van der Waals surface area contributed by atoms with Crippen LogP contribution in [-0.2, 0) is 11.3 Å². The van der Waals surface area contributed by atoms with Crippen LogP contribution in [0.15, 0.2) is 59.5 Å². The summed E-state index contributed by atoms with van der Waals surface area (Å²) in [6.07, 6.45) is 3.43. The molecule has 1 aromatic carbocycles. The molecule has 0 saturated carbocycles. The van der Waals surface area contributed by atoms with Crippen molar-refractivity contribution in [3.8, 4) is 17.2 Å². The Morgan fingerprint density at radius 1 is 1.08 bits per heavy atom. The first-order valence-corrected chi connectivity index (χ1v) is 12.1. The predicted molar refractivity (Wildman–Crippen MR) is 138 cm³/mol. The molecule has 12 nitrogen and oxygen atoms in total. The molecule has 5 heterocycles. The standard InChI is InChI=1S/C25H27N9O3/c26-22(35)15-37-18-5-3-17(4-6-18)32-10-7-31(8-11-32)9-12-33-16-28-23-20-14-19(21-2-1-13-36-21)30-34(20)25(27)29-24(23)33/h1-6,13-14,16H,7-12,15H2,(H2,26,35)(H2,27,29). The van der Waals surface area contributed by atoms with Crippen LogP contribution in [0.2, 0.25) is 0 Å². The molecule has 1 aliphatic rings. The first kappa shape index (κ1) is 22.9. The van der Waals surface area contributed by atoms with E-state index in [9.17, 15) is 4.79 Å². The number of nitrogens with two attached hydrogens (primary N) is 2. The number of carbonyl (C=O) groups excluding carboxylic acids is 1. The highest BCUT2D eigenvalue weighted by Gasteiger charge is 2.19.